The van der Waals surface area contributed by atoms with Crippen molar-refractivity contribution in [2.75, 3.05) is 0 Å². The van der Waals surface area contributed by atoms with Gasteiger partial charge in [-0.2, -0.15) is 0 Å². The van der Waals surface area contributed by atoms with Crippen molar-refractivity contribution in [2.24, 2.45) is 0 Å². The summed E-state index contributed by atoms with van der Waals surface area (Å²) in [7, 11) is 0. The second-order valence-electron chi connectivity index (χ2n) is 5.14. The minimum Gasteiger partial charge on any atom is -0.0984 e. The Labute approximate surface area is 112 Å². The molecular weight excluding hydrogens is 216 g/mol. The van der Waals surface area contributed by atoms with Gasteiger partial charge in [0.2, 0.25) is 0 Å². The van der Waals surface area contributed by atoms with Gasteiger partial charge in [-0.25, -0.2) is 0 Å². The number of hydrogen-bond donors (Lipinski definition) is 0. The van der Waals surface area contributed by atoms with E-state index in [1.54, 1.807) is 0 Å². The van der Waals surface area contributed by atoms with Crippen molar-refractivity contribution in [1.82, 2.24) is 0 Å². The highest BCUT2D eigenvalue weighted by atomic mass is 14.1. The van der Waals surface area contributed by atoms with E-state index in [-0.39, 0.29) is 0 Å². The molecule has 0 nitrogen and oxygen atoms in total. The van der Waals surface area contributed by atoms with Gasteiger partial charge in [0.05, 0.1) is 0 Å². The molecule has 1 aromatic rings. The number of benzene rings is 1. The number of hydrogen-bond acceptors (Lipinski definition) is 0. The molecule has 0 saturated carbocycles. The van der Waals surface area contributed by atoms with E-state index in [2.05, 4.69) is 65.5 Å². The molecule has 0 spiro atoms. The summed E-state index contributed by atoms with van der Waals surface area (Å²) in [5.41, 5.74) is 7.89. The smallest absolute Gasteiger partial charge is 0.0152 e. The largest absolute Gasteiger partial charge is 0.0984 e. The van der Waals surface area contributed by atoms with E-state index in [4.69, 9.17) is 0 Å². The zero-order valence-electron chi connectivity index (χ0n) is 12.3. The van der Waals surface area contributed by atoms with Gasteiger partial charge < -0.3 is 0 Å². The predicted molar refractivity (Wildman–Crippen MR) is 84.6 cm³/mol. The van der Waals surface area contributed by atoms with Gasteiger partial charge in [0.15, 0.2) is 0 Å². The van der Waals surface area contributed by atoms with Crippen LogP contribution in [-0.2, 0) is 6.42 Å². The summed E-state index contributed by atoms with van der Waals surface area (Å²) in [5.74, 6) is 0. The Morgan fingerprint density at radius 3 is 1.94 bits per heavy atom. The molecule has 0 aromatic heterocycles. The maximum atomic E-state index is 3.98. The second kappa shape index (κ2) is 6.39. The van der Waals surface area contributed by atoms with Crippen LogP contribution in [0.1, 0.15) is 56.9 Å². The zero-order chi connectivity index (χ0) is 13.7. The summed E-state index contributed by atoms with van der Waals surface area (Å²) >= 11 is 0. The second-order valence-corrected chi connectivity index (χ2v) is 5.14. The zero-order valence-corrected chi connectivity index (χ0v) is 12.3. The van der Waals surface area contributed by atoms with Crippen LogP contribution in [0.3, 0.4) is 0 Å². The third kappa shape index (κ3) is 3.46. The Kier molecular flexibility index (Phi) is 5.15. The van der Waals surface area contributed by atoms with Crippen LogP contribution in [0.15, 0.2) is 29.9 Å². The fraction of sp³-hybridized carbons (Fsp3) is 0.333. The molecule has 0 N–H and O–H groups in total. The first-order chi connectivity index (χ1) is 8.49. The van der Waals surface area contributed by atoms with Gasteiger partial charge in [0.25, 0.3) is 0 Å². The molecule has 0 heteroatoms. The Morgan fingerprint density at radius 1 is 1.00 bits per heavy atom. The monoisotopic (exact) mass is 240 g/mol. The molecule has 96 valence electrons. The lowest BCUT2D eigenvalue weighted by atomic mass is 9.92. The molecule has 0 bridgehead atoms. The molecule has 0 aliphatic heterocycles. The summed E-state index contributed by atoms with van der Waals surface area (Å²) in [5, 5.41) is 0. The van der Waals surface area contributed by atoms with Gasteiger partial charge in [0.1, 0.15) is 0 Å². The first kappa shape index (κ1) is 14.5. The average Bonchev–Trinajstić information content (AvgIpc) is 2.29. The van der Waals surface area contributed by atoms with Crippen LogP contribution in [0, 0.1) is 0 Å². The molecule has 0 aliphatic rings. The van der Waals surface area contributed by atoms with Crippen LogP contribution in [0.5, 0.6) is 0 Å². The summed E-state index contributed by atoms with van der Waals surface area (Å²) in [6, 6.07) is 4.41. The number of allylic oxidation sites excluding steroid dienone is 2. The first-order valence-electron chi connectivity index (χ1n) is 6.57. The van der Waals surface area contributed by atoms with Gasteiger partial charge in [-0.05, 0) is 56.4 Å². The van der Waals surface area contributed by atoms with E-state index < -0.39 is 0 Å². The maximum Gasteiger partial charge on any atom is -0.0152 e. The summed E-state index contributed by atoms with van der Waals surface area (Å²) in [6.07, 6.45) is 7.49. The first-order valence-corrected chi connectivity index (χ1v) is 6.57. The van der Waals surface area contributed by atoms with Crippen molar-refractivity contribution in [3.63, 3.8) is 0 Å². The number of rotatable bonds is 4. The van der Waals surface area contributed by atoms with E-state index in [1.165, 1.54) is 33.4 Å². The van der Waals surface area contributed by atoms with Crippen molar-refractivity contribution in [1.29, 1.82) is 0 Å². The molecule has 18 heavy (non-hydrogen) atoms. The fourth-order valence-electron chi connectivity index (χ4n) is 2.22. The molecule has 0 unspecified atom stereocenters. The van der Waals surface area contributed by atoms with E-state index >= 15 is 0 Å². The van der Waals surface area contributed by atoms with Crippen LogP contribution in [0.25, 0.3) is 18.2 Å². The average molecular weight is 240 g/mol. The van der Waals surface area contributed by atoms with Crippen molar-refractivity contribution in [3.05, 3.63) is 52.1 Å². The Hall–Kier alpha value is -1.56. The molecule has 0 fully saturated rings. The highest BCUT2D eigenvalue weighted by Crippen LogP contribution is 2.25. The van der Waals surface area contributed by atoms with Crippen molar-refractivity contribution in [3.8, 4) is 0 Å². The maximum absolute atomic E-state index is 3.98. The quantitative estimate of drug-likeness (QED) is 0.629. The summed E-state index contributed by atoms with van der Waals surface area (Å²) in [6.45, 7) is 14.7. The summed E-state index contributed by atoms with van der Waals surface area (Å²) < 4.78 is 0. The van der Waals surface area contributed by atoms with E-state index in [0.29, 0.717) is 0 Å². The van der Waals surface area contributed by atoms with Gasteiger partial charge in [0, 0.05) is 0 Å². The van der Waals surface area contributed by atoms with Crippen LogP contribution >= 0.6 is 0 Å². The van der Waals surface area contributed by atoms with Crippen molar-refractivity contribution in [2.45, 2.75) is 41.0 Å². The Morgan fingerprint density at radius 2 is 1.50 bits per heavy atom. The molecule has 0 atom stereocenters. The van der Waals surface area contributed by atoms with E-state index in [0.717, 1.165) is 6.42 Å². The fourth-order valence-corrected chi connectivity index (χ4v) is 2.22. The minimum absolute atomic E-state index is 1.03. The Bertz CT molecular complexity index is 491. The molecule has 0 radical (unpaired) electrons. The van der Waals surface area contributed by atoms with Gasteiger partial charge in [-0.1, -0.05) is 55.0 Å². The van der Waals surface area contributed by atoms with E-state index in [9.17, 15) is 0 Å². The van der Waals surface area contributed by atoms with Gasteiger partial charge in [-0.3, -0.25) is 0 Å². The highest BCUT2D eigenvalue weighted by molar-refractivity contribution is 5.73. The lowest BCUT2D eigenvalue weighted by Crippen LogP contribution is -1.95. The predicted octanol–water partition coefficient (Wildman–Crippen LogP) is 5.74. The molecule has 0 aliphatic carbocycles. The topological polar surface area (TPSA) is 0 Å². The molecule has 0 amide bonds. The van der Waals surface area contributed by atoms with Gasteiger partial charge in [-0.15, -0.1) is 0 Å². The lowest BCUT2D eigenvalue weighted by molar-refractivity contribution is 1.12. The molecule has 0 saturated heterocycles. The van der Waals surface area contributed by atoms with Gasteiger partial charge >= 0.3 is 0 Å². The highest BCUT2D eigenvalue weighted by Gasteiger charge is 2.07. The third-order valence-electron chi connectivity index (χ3n) is 2.87. The third-order valence-corrected chi connectivity index (χ3v) is 2.87. The normalized spacial score (nSPS) is 9.83. The van der Waals surface area contributed by atoms with Crippen LogP contribution in [0.2, 0.25) is 0 Å². The standard InChI is InChI=1S/C18H24/c1-7-17-15(11-13(3)4)9-10-16(12-14(5)6)18(17)8-2/h7,9-12H,1,8H2,2-6H3. The minimum atomic E-state index is 1.03. The molecule has 0 heterocycles. The SMILES string of the molecule is C=Cc1c(C=C(C)C)ccc(C=C(C)C)c1CC. The lowest BCUT2D eigenvalue weighted by Gasteiger charge is -2.12. The van der Waals surface area contributed by atoms with E-state index in [1.807, 2.05) is 6.08 Å². The van der Waals surface area contributed by atoms with Crippen molar-refractivity contribution >= 4 is 18.2 Å². The molecular formula is C18H24. The summed E-state index contributed by atoms with van der Waals surface area (Å²) in [4.78, 5) is 0. The van der Waals surface area contributed by atoms with Crippen LogP contribution in [-0.4, -0.2) is 0 Å². The Balaban J connectivity index is 3.50. The van der Waals surface area contributed by atoms with Crippen molar-refractivity contribution < 1.29 is 0 Å². The van der Waals surface area contributed by atoms with Crippen LogP contribution < -0.4 is 0 Å². The van der Waals surface area contributed by atoms with Crippen LogP contribution in [0.4, 0.5) is 0 Å². The molecule has 1 aromatic carbocycles. The molecule has 1 rings (SSSR count).